The standard InChI is InChI=1S/C52H31NO2S/c1-2-10-39-33(9-1)23-29-43-50-38(13-8-17-47(50)55-51(39)43)34-21-27-37(28-22-34)53(45-15-7-14-42-40-11-3-5-16-46(40)54-52(42)45)36-25-19-32(20-26-36)35-24-30-49-44(31-35)41-12-4-6-18-48(41)56-49/h1-31H. The van der Waals surface area contributed by atoms with Crippen LogP contribution in [0.15, 0.2) is 197 Å². The van der Waals surface area contributed by atoms with E-state index >= 15 is 0 Å². The Morgan fingerprint density at radius 3 is 1.88 bits per heavy atom. The summed E-state index contributed by atoms with van der Waals surface area (Å²) in [5, 5.41) is 9.39. The van der Waals surface area contributed by atoms with Crippen LogP contribution in [-0.2, 0) is 0 Å². The van der Waals surface area contributed by atoms with Gasteiger partial charge >= 0.3 is 0 Å². The second-order valence-corrected chi connectivity index (χ2v) is 15.5. The first kappa shape index (κ1) is 31.2. The molecule has 262 valence electrons. The maximum Gasteiger partial charge on any atom is 0.159 e. The third kappa shape index (κ3) is 4.76. The van der Waals surface area contributed by atoms with E-state index in [1.807, 2.05) is 23.5 Å². The van der Waals surface area contributed by atoms with Gasteiger partial charge in [0.1, 0.15) is 16.7 Å². The van der Waals surface area contributed by atoms with E-state index in [2.05, 4.69) is 181 Å². The molecule has 3 heterocycles. The molecule has 56 heavy (non-hydrogen) atoms. The fourth-order valence-corrected chi connectivity index (χ4v) is 9.72. The van der Waals surface area contributed by atoms with Gasteiger partial charge in [-0.1, -0.05) is 121 Å². The zero-order valence-electron chi connectivity index (χ0n) is 30.1. The number of rotatable bonds is 5. The van der Waals surface area contributed by atoms with Crippen LogP contribution in [0.2, 0.25) is 0 Å². The highest BCUT2D eigenvalue weighted by Gasteiger charge is 2.21. The van der Waals surface area contributed by atoms with Crippen molar-refractivity contribution in [3.63, 3.8) is 0 Å². The summed E-state index contributed by atoms with van der Waals surface area (Å²) in [6.07, 6.45) is 0. The average molecular weight is 734 g/mol. The Bertz CT molecular complexity index is 3480. The molecule has 0 radical (unpaired) electrons. The zero-order valence-corrected chi connectivity index (χ0v) is 30.9. The van der Waals surface area contributed by atoms with Gasteiger partial charge in [0.2, 0.25) is 0 Å². The van der Waals surface area contributed by atoms with Crippen LogP contribution in [0, 0.1) is 0 Å². The van der Waals surface area contributed by atoms with E-state index in [0.717, 1.165) is 77.5 Å². The predicted molar refractivity (Wildman–Crippen MR) is 237 cm³/mol. The zero-order chi connectivity index (χ0) is 36.7. The number of anilines is 3. The molecule has 0 unspecified atom stereocenters. The van der Waals surface area contributed by atoms with Crippen LogP contribution in [0.5, 0.6) is 0 Å². The second-order valence-electron chi connectivity index (χ2n) is 14.4. The summed E-state index contributed by atoms with van der Waals surface area (Å²) < 4.78 is 15.8. The molecule has 0 aliphatic carbocycles. The van der Waals surface area contributed by atoms with Crippen molar-refractivity contribution in [1.29, 1.82) is 0 Å². The van der Waals surface area contributed by atoms with Gasteiger partial charge in [0.25, 0.3) is 0 Å². The van der Waals surface area contributed by atoms with Gasteiger partial charge < -0.3 is 13.7 Å². The molecule has 3 aromatic heterocycles. The van der Waals surface area contributed by atoms with Gasteiger partial charge in [0.15, 0.2) is 5.58 Å². The van der Waals surface area contributed by atoms with Crippen molar-refractivity contribution >= 4 is 103 Å². The molecule has 0 aliphatic heterocycles. The van der Waals surface area contributed by atoms with Crippen molar-refractivity contribution in [1.82, 2.24) is 0 Å². The Balaban J connectivity index is 0.993. The van der Waals surface area contributed by atoms with Crippen LogP contribution in [0.25, 0.3) is 97.1 Å². The summed E-state index contributed by atoms with van der Waals surface area (Å²) in [6, 6.07) is 67.2. The molecule has 9 aromatic carbocycles. The molecule has 4 heteroatoms. The van der Waals surface area contributed by atoms with E-state index in [-0.39, 0.29) is 0 Å². The van der Waals surface area contributed by atoms with Crippen LogP contribution in [0.1, 0.15) is 0 Å². The van der Waals surface area contributed by atoms with Gasteiger partial charge in [-0.05, 0) is 94.4 Å². The molecule has 0 fully saturated rings. The van der Waals surface area contributed by atoms with Crippen molar-refractivity contribution in [2.75, 3.05) is 4.90 Å². The van der Waals surface area contributed by atoms with Crippen molar-refractivity contribution in [2.24, 2.45) is 0 Å². The topological polar surface area (TPSA) is 29.5 Å². The molecule has 0 amide bonds. The first-order valence-corrected chi connectivity index (χ1v) is 19.7. The molecule has 0 saturated carbocycles. The fourth-order valence-electron chi connectivity index (χ4n) is 8.63. The third-order valence-electron chi connectivity index (χ3n) is 11.3. The Morgan fingerprint density at radius 2 is 1.02 bits per heavy atom. The first-order valence-electron chi connectivity index (χ1n) is 18.9. The van der Waals surface area contributed by atoms with Crippen molar-refractivity contribution in [3.05, 3.63) is 188 Å². The molecule has 12 aromatic rings. The molecule has 0 spiro atoms. The van der Waals surface area contributed by atoms with E-state index in [1.54, 1.807) is 0 Å². The SMILES string of the molecule is c1ccc2c(c1)ccc1c2oc2cccc(-c3ccc(N(c4ccc(-c5ccc6sc7ccccc7c6c5)cc4)c4cccc5c4oc4ccccc45)cc3)c21. The third-order valence-corrected chi connectivity index (χ3v) is 12.4. The highest BCUT2D eigenvalue weighted by molar-refractivity contribution is 7.25. The van der Waals surface area contributed by atoms with Gasteiger partial charge in [-0.2, -0.15) is 0 Å². The van der Waals surface area contributed by atoms with E-state index in [4.69, 9.17) is 8.83 Å². The van der Waals surface area contributed by atoms with Crippen LogP contribution >= 0.6 is 11.3 Å². The normalized spacial score (nSPS) is 11.9. The lowest BCUT2D eigenvalue weighted by Crippen LogP contribution is -2.10. The number of furan rings is 2. The number of para-hydroxylation sites is 2. The smallest absolute Gasteiger partial charge is 0.159 e. The van der Waals surface area contributed by atoms with Crippen molar-refractivity contribution in [3.8, 4) is 22.3 Å². The Kier molecular flexibility index (Phi) is 6.80. The minimum Gasteiger partial charge on any atom is -0.455 e. The highest BCUT2D eigenvalue weighted by atomic mass is 32.1. The maximum atomic E-state index is 6.62. The van der Waals surface area contributed by atoms with E-state index in [9.17, 15) is 0 Å². The summed E-state index contributed by atoms with van der Waals surface area (Å²) in [5.41, 5.74) is 11.3. The summed E-state index contributed by atoms with van der Waals surface area (Å²) in [4.78, 5) is 2.31. The van der Waals surface area contributed by atoms with Crippen LogP contribution in [0.3, 0.4) is 0 Å². The molecule has 0 N–H and O–H groups in total. The quantitative estimate of drug-likeness (QED) is 0.176. The van der Waals surface area contributed by atoms with Crippen LogP contribution in [-0.4, -0.2) is 0 Å². The van der Waals surface area contributed by atoms with E-state index in [0.29, 0.717) is 0 Å². The van der Waals surface area contributed by atoms with Crippen LogP contribution in [0.4, 0.5) is 17.1 Å². The lowest BCUT2D eigenvalue weighted by Gasteiger charge is -2.26. The largest absolute Gasteiger partial charge is 0.455 e. The van der Waals surface area contributed by atoms with E-state index in [1.165, 1.54) is 36.7 Å². The summed E-state index contributed by atoms with van der Waals surface area (Å²) in [5.74, 6) is 0. The molecule has 0 saturated heterocycles. The molecule has 3 nitrogen and oxygen atoms in total. The van der Waals surface area contributed by atoms with Gasteiger partial charge in [0, 0.05) is 58.5 Å². The van der Waals surface area contributed by atoms with Crippen molar-refractivity contribution < 1.29 is 8.83 Å². The lowest BCUT2D eigenvalue weighted by atomic mass is 9.98. The summed E-state index contributed by atoms with van der Waals surface area (Å²) in [7, 11) is 0. The number of thiophene rings is 1. The summed E-state index contributed by atoms with van der Waals surface area (Å²) >= 11 is 1.85. The number of nitrogens with zero attached hydrogens (tertiary/aromatic N) is 1. The van der Waals surface area contributed by atoms with Gasteiger partial charge in [-0.3, -0.25) is 0 Å². The van der Waals surface area contributed by atoms with Crippen molar-refractivity contribution in [2.45, 2.75) is 0 Å². The molecule has 12 rings (SSSR count). The number of hydrogen-bond donors (Lipinski definition) is 0. The van der Waals surface area contributed by atoms with Gasteiger partial charge in [-0.25, -0.2) is 0 Å². The number of fused-ring (bicyclic) bond motifs is 11. The molecular weight excluding hydrogens is 703 g/mol. The maximum absolute atomic E-state index is 6.62. The van der Waals surface area contributed by atoms with E-state index < -0.39 is 0 Å². The molecule has 0 bridgehead atoms. The second kappa shape index (κ2) is 12.2. The van der Waals surface area contributed by atoms with Crippen LogP contribution < -0.4 is 4.90 Å². The highest BCUT2D eigenvalue weighted by Crippen LogP contribution is 2.45. The molecule has 0 atom stereocenters. The number of hydrogen-bond acceptors (Lipinski definition) is 4. The monoisotopic (exact) mass is 733 g/mol. The summed E-state index contributed by atoms with van der Waals surface area (Å²) in [6.45, 7) is 0. The predicted octanol–water partition coefficient (Wildman–Crippen LogP) is 15.8. The average Bonchev–Trinajstić information content (AvgIpc) is 3.96. The fraction of sp³-hybridized carbons (Fsp3) is 0. The Labute approximate surface area is 325 Å². The number of benzene rings is 9. The minimum atomic E-state index is 0.860. The lowest BCUT2D eigenvalue weighted by molar-refractivity contribution is 0.669. The Morgan fingerprint density at radius 1 is 0.375 bits per heavy atom. The Hall–Kier alpha value is -7.14. The first-order chi connectivity index (χ1) is 27.7. The van der Waals surface area contributed by atoms with Gasteiger partial charge in [-0.15, -0.1) is 11.3 Å². The molecule has 0 aliphatic rings. The minimum absolute atomic E-state index is 0.860. The molecular formula is C52H31NO2S. The van der Waals surface area contributed by atoms with Gasteiger partial charge in [0.05, 0.1) is 5.69 Å².